The van der Waals surface area contributed by atoms with E-state index in [-0.39, 0.29) is 6.04 Å². The van der Waals surface area contributed by atoms with Crippen LogP contribution < -0.4 is 5.73 Å². The van der Waals surface area contributed by atoms with Crippen molar-refractivity contribution in [1.29, 1.82) is 0 Å². The molecular formula is C9H11ClN2. The van der Waals surface area contributed by atoms with E-state index in [2.05, 4.69) is 11.6 Å². The zero-order valence-electron chi connectivity index (χ0n) is 6.92. The highest BCUT2D eigenvalue weighted by molar-refractivity contribution is 6.30. The molecule has 2 N–H and O–H groups in total. The SMILES string of the molecule is C=C[C@@H](N)c1cnc(Cl)c(C)c1. The molecule has 1 rings (SSSR count). The van der Waals surface area contributed by atoms with Crippen molar-refractivity contribution in [2.45, 2.75) is 13.0 Å². The molecule has 1 heterocycles. The van der Waals surface area contributed by atoms with Gasteiger partial charge in [0.25, 0.3) is 0 Å². The lowest BCUT2D eigenvalue weighted by molar-refractivity contribution is 0.900. The summed E-state index contributed by atoms with van der Waals surface area (Å²) >= 11 is 5.75. The van der Waals surface area contributed by atoms with Gasteiger partial charge in [0, 0.05) is 12.2 Å². The van der Waals surface area contributed by atoms with Crippen LogP contribution in [0.3, 0.4) is 0 Å². The van der Waals surface area contributed by atoms with Crippen molar-refractivity contribution in [2.75, 3.05) is 0 Å². The van der Waals surface area contributed by atoms with E-state index in [1.165, 1.54) is 0 Å². The van der Waals surface area contributed by atoms with Crippen LogP contribution in [0.2, 0.25) is 5.15 Å². The second-order valence-electron chi connectivity index (χ2n) is 2.64. The van der Waals surface area contributed by atoms with E-state index < -0.39 is 0 Å². The zero-order valence-corrected chi connectivity index (χ0v) is 7.67. The van der Waals surface area contributed by atoms with Crippen LogP contribution in [0.15, 0.2) is 24.9 Å². The molecule has 0 aliphatic heterocycles. The predicted molar refractivity (Wildman–Crippen MR) is 51.1 cm³/mol. The summed E-state index contributed by atoms with van der Waals surface area (Å²) in [5.74, 6) is 0. The number of hydrogen-bond donors (Lipinski definition) is 1. The van der Waals surface area contributed by atoms with Gasteiger partial charge in [-0.2, -0.15) is 0 Å². The number of halogens is 1. The molecule has 64 valence electrons. The molecule has 0 unspecified atom stereocenters. The minimum absolute atomic E-state index is 0.159. The van der Waals surface area contributed by atoms with Crippen molar-refractivity contribution in [3.05, 3.63) is 41.2 Å². The lowest BCUT2D eigenvalue weighted by atomic mass is 10.1. The molecule has 0 aromatic carbocycles. The molecule has 1 aromatic rings. The van der Waals surface area contributed by atoms with Crippen LogP contribution in [-0.4, -0.2) is 4.98 Å². The maximum Gasteiger partial charge on any atom is 0.131 e. The molecule has 0 bridgehead atoms. The minimum atomic E-state index is -0.159. The van der Waals surface area contributed by atoms with E-state index in [0.717, 1.165) is 11.1 Å². The quantitative estimate of drug-likeness (QED) is 0.563. The fraction of sp³-hybridized carbons (Fsp3) is 0.222. The third kappa shape index (κ3) is 1.84. The third-order valence-corrected chi connectivity index (χ3v) is 2.07. The molecular weight excluding hydrogens is 172 g/mol. The summed E-state index contributed by atoms with van der Waals surface area (Å²) in [7, 11) is 0. The number of hydrogen-bond acceptors (Lipinski definition) is 2. The first kappa shape index (κ1) is 9.23. The number of nitrogens with two attached hydrogens (primary N) is 1. The Morgan fingerprint density at radius 3 is 2.92 bits per heavy atom. The van der Waals surface area contributed by atoms with Crippen LogP contribution in [0.5, 0.6) is 0 Å². The molecule has 0 saturated carbocycles. The van der Waals surface area contributed by atoms with Crippen LogP contribution in [-0.2, 0) is 0 Å². The molecule has 3 heteroatoms. The Morgan fingerprint density at radius 1 is 1.75 bits per heavy atom. The van der Waals surface area contributed by atoms with E-state index in [1.807, 2.05) is 13.0 Å². The Morgan fingerprint density at radius 2 is 2.42 bits per heavy atom. The Hall–Kier alpha value is -0.860. The highest BCUT2D eigenvalue weighted by Gasteiger charge is 2.03. The Balaban J connectivity index is 3.04. The molecule has 1 atom stereocenters. The maximum absolute atomic E-state index is 5.75. The van der Waals surface area contributed by atoms with Crippen molar-refractivity contribution < 1.29 is 0 Å². The van der Waals surface area contributed by atoms with Gasteiger partial charge >= 0.3 is 0 Å². The molecule has 0 fully saturated rings. The van der Waals surface area contributed by atoms with Crippen molar-refractivity contribution in [3.63, 3.8) is 0 Å². The fourth-order valence-electron chi connectivity index (χ4n) is 0.898. The monoisotopic (exact) mass is 182 g/mol. The summed E-state index contributed by atoms with van der Waals surface area (Å²) in [6, 6.07) is 1.76. The molecule has 0 spiro atoms. The largest absolute Gasteiger partial charge is 0.321 e. The summed E-state index contributed by atoms with van der Waals surface area (Å²) in [5.41, 5.74) is 7.59. The zero-order chi connectivity index (χ0) is 9.14. The summed E-state index contributed by atoms with van der Waals surface area (Å²) in [6.45, 7) is 5.50. The minimum Gasteiger partial charge on any atom is -0.321 e. The molecule has 12 heavy (non-hydrogen) atoms. The molecule has 0 radical (unpaired) electrons. The van der Waals surface area contributed by atoms with Crippen molar-refractivity contribution in [2.24, 2.45) is 5.73 Å². The van der Waals surface area contributed by atoms with Gasteiger partial charge in [-0.25, -0.2) is 4.98 Å². The molecule has 0 aliphatic carbocycles. The normalized spacial score (nSPS) is 12.6. The number of aryl methyl sites for hydroxylation is 1. The third-order valence-electron chi connectivity index (χ3n) is 1.67. The summed E-state index contributed by atoms with van der Waals surface area (Å²) in [4.78, 5) is 3.99. The van der Waals surface area contributed by atoms with Gasteiger partial charge in [0.2, 0.25) is 0 Å². The van der Waals surface area contributed by atoms with Gasteiger partial charge in [0.05, 0.1) is 0 Å². The summed E-state index contributed by atoms with van der Waals surface area (Å²) in [6.07, 6.45) is 3.34. The standard InChI is InChI=1S/C9H11ClN2/c1-3-8(11)7-4-6(2)9(10)12-5-7/h3-5,8H,1,11H2,2H3/t8-/m1/s1. The second kappa shape index (κ2) is 3.70. The van der Waals surface area contributed by atoms with Gasteiger partial charge in [-0.15, -0.1) is 6.58 Å². The molecule has 2 nitrogen and oxygen atoms in total. The number of pyridine rings is 1. The molecule has 0 amide bonds. The van der Waals surface area contributed by atoms with E-state index in [0.29, 0.717) is 5.15 Å². The second-order valence-corrected chi connectivity index (χ2v) is 3.00. The van der Waals surface area contributed by atoms with Crippen molar-refractivity contribution in [3.8, 4) is 0 Å². The van der Waals surface area contributed by atoms with Gasteiger partial charge < -0.3 is 5.73 Å². The first-order chi connectivity index (χ1) is 5.65. The number of rotatable bonds is 2. The average molecular weight is 183 g/mol. The van der Waals surface area contributed by atoms with Crippen LogP contribution in [0.1, 0.15) is 17.2 Å². The van der Waals surface area contributed by atoms with Crippen LogP contribution in [0, 0.1) is 6.92 Å². The highest BCUT2D eigenvalue weighted by Crippen LogP contribution is 2.16. The van der Waals surface area contributed by atoms with Crippen LogP contribution >= 0.6 is 11.6 Å². The Labute approximate surface area is 77.1 Å². The van der Waals surface area contributed by atoms with Crippen LogP contribution in [0.4, 0.5) is 0 Å². The highest BCUT2D eigenvalue weighted by atomic mass is 35.5. The van der Waals surface area contributed by atoms with E-state index in [1.54, 1.807) is 12.3 Å². The average Bonchev–Trinajstić information content (AvgIpc) is 2.08. The number of nitrogens with zero attached hydrogens (tertiary/aromatic N) is 1. The molecule has 1 aromatic heterocycles. The van der Waals surface area contributed by atoms with Gasteiger partial charge in [-0.3, -0.25) is 0 Å². The van der Waals surface area contributed by atoms with Crippen molar-refractivity contribution >= 4 is 11.6 Å². The molecule has 0 saturated heterocycles. The van der Waals surface area contributed by atoms with E-state index in [9.17, 15) is 0 Å². The predicted octanol–water partition coefficient (Wildman–Crippen LogP) is 2.23. The first-order valence-electron chi connectivity index (χ1n) is 3.65. The Bertz CT molecular complexity index is 297. The number of aromatic nitrogens is 1. The lowest BCUT2D eigenvalue weighted by Crippen LogP contribution is -2.07. The van der Waals surface area contributed by atoms with Gasteiger partial charge in [0.15, 0.2) is 0 Å². The smallest absolute Gasteiger partial charge is 0.131 e. The van der Waals surface area contributed by atoms with Gasteiger partial charge in [-0.1, -0.05) is 17.7 Å². The van der Waals surface area contributed by atoms with E-state index >= 15 is 0 Å². The Kier molecular flexibility index (Phi) is 2.84. The maximum atomic E-state index is 5.75. The van der Waals surface area contributed by atoms with Gasteiger partial charge in [-0.05, 0) is 24.1 Å². The molecule has 0 aliphatic rings. The summed E-state index contributed by atoms with van der Waals surface area (Å²) in [5, 5.41) is 0.523. The fourth-order valence-corrected chi connectivity index (χ4v) is 1.00. The van der Waals surface area contributed by atoms with Gasteiger partial charge in [0.1, 0.15) is 5.15 Å². The van der Waals surface area contributed by atoms with Crippen LogP contribution in [0.25, 0.3) is 0 Å². The lowest BCUT2D eigenvalue weighted by Gasteiger charge is -2.06. The first-order valence-corrected chi connectivity index (χ1v) is 4.03. The van der Waals surface area contributed by atoms with E-state index in [4.69, 9.17) is 17.3 Å². The topological polar surface area (TPSA) is 38.9 Å². The summed E-state index contributed by atoms with van der Waals surface area (Å²) < 4.78 is 0. The van der Waals surface area contributed by atoms with Crippen molar-refractivity contribution in [1.82, 2.24) is 4.98 Å².